The highest BCUT2D eigenvalue weighted by Gasteiger charge is 2.43. The molecule has 0 saturated heterocycles. The number of halogens is 2. The van der Waals surface area contributed by atoms with Crippen LogP contribution in [0.3, 0.4) is 0 Å². The second kappa shape index (κ2) is 9.74. The number of carbonyl (C=O) groups excluding carboxylic acids is 2. The first-order valence-electron chi connectivity index (χ1n) is 10.6. The van der Waals surface area contributed by atoms with Crippen molar-refractivity contribution in [3.05, 3.63) is 77.6 Å². The summed E-state index contributed by atoms with van der Waals surface area (Å²) >= 11 is 0. The van der Waals surface area contributed by atoms with Crippen LogP contribution in [0.1, 0.15) is 28.5 Å². The Morgan fingerprint density at radius 1 is 1.03 bits per heavy atom. The molecule has 3 aromatic rings. The Morgan fingerprint density at radius 2 is 1.82 bits per heavy atom. The summed E-state index contributed by atoms with van der Waals surface area (Å²) in [5, 5.41) is 8.64. The minimum Gasteiger partial charge on any atom is -0.395 e. The quantitative estimate of drug-likeness (QED) is 0.463. The summed E-state index contributed by atoms with van der Waals surface area (Å²) < 4.78 is 35.3. The number of likely N-dealkylation sites (N-methyl/N-ethyl adjacent to an activating group) is 1. The van der Waals surface area contributed by atoms with Crippen LogP contribution in [0.4, 0.5) is 20.2 Å². The molecule has 10 heteroatoms. The zero-order valence-electron chi connectivity index (χ0n) is 18.2. The van der Waals surface area contributed by atoms with E-state index in [1.807, 2.05) is 19.1 Å². The molecule has 3 N–H and O–H groups in total. The van der Waals surface area contributed by atoms with Gasteiger partial charge in [0.2, 0.25) is 5.91 Å². The van der Waals surface area contributed by atoms with Crippen LogP contribution in [-0.2, 0) is 17.8 Å². The lowest BCUT2D eigenvalue weighted by atomic mass is 10.1. The molecule has 0 radical (unpaired) electrons. The van der Waals surface area contributed by atoms with Crippen molar-refractivity contribution >= 4 is 23.2 Å². The van der Waals surface area contributed by atoms with Crippen LogP contribution in [0.15, 0.2) is 60.8 Å². The molecule has 8 nitrogen and oxygen atoms in total. The van der Waals surface area contributed by atoms with Gasteiger partial charge in [0.25, 0.3) is 5.91 Å². The van der Waals surface area contributed by atoms with Gasteiger partial charge in [0, 0.05) is 42.4 Å². The molecule has 0 fully saturated rings. The maximum Gasteiger partial charge on any atom is 0.586 e. The second-order valence-electron chi connectivity index (χ2n) is 7.47. The average molecular weight is 468 g/mol. The van der Waals surface area contributed by atoms with Crippen molar-refractivity contribution in [2.24, 2.45) is 0 Å². The predicted molar refractivity (Wildman–Crippen MR) is 121 cm³/mol. The number of benzene rings is 2. The summed E-state index contributed by atoms with van der Waals surface area (Å²) in [7, 11) is 0. The lowest BCUT2D eigenvalue weighted by Crippen LogP contribution is -2.25. The molecule has 2 aromatic carbocycles. The minimum atomic E-state index is -3.73. The Labute approximate surface area is 194 Å². The molecular weight excluding hydrogens is 446 g/mol. The summed E-state index contributed by atoms with van der Waals surface area (Å²) in [5.74, 6) is -0.793. The van der Waals surface area contributed by atoms with Gasteiger partial charge in [-0.15, -0.1) is 8.78 Å². The Morgan fingerprint density at radius 3 is 2.65 bits per heavy atom. The van der Waals surface area contributed by atoms with Crippen LogP contribution in [0.2, 0.25) is 0 Å². The summed E-state index contributed by atoms with van der Waals surface area (Å²) in [6, 6.07) is 14.6. The van der Waals surface area contributed by atoms with E-state index in [2.05, 4.69) is 30.4 Å². The highest BCUT2D eigenvalue weighted by Crippen LogP contribution is 2.42. The Kier molecular flexibility index (Phi) is 6.58. The van der Waals surface area contributed by atoms with Crippen LogP contribution in [0.25, 0.3) is 0 Å². The van der Waals surface area contributed by atoms with E-state index in [1.54, 1.807) is 30.5 Å². The van der Waals surface area contributed by atoms with E-state index < -0.39 is 12.2 Å². The number of hydrogen-bond donors (Lipinski definition) is 3. The van der Waals surface area contributed by atoms with Crippen molar-refractivity contribution < 1.29 is 27.8 Å². The Balaban J connectivity index is 1.43. The molecule has 34 heavy (non-hydrogen) atoms. The SMILES string of the molecule is CCNC(=O)Cc1cc(CNc2ccccc2C(=O)Nc2ccc3c(c2)OC(F)(F)O3)ccn1. The van der Waals surface area contributed by atoms with Gasteiger partial charge in [0.1, 0.15) is 0 Å². The number of nitrogens with one attached hydrogen (secondary N) is 3. The number of carbonyl (C=O) groups is 2. The minimum absolute atomic E-state index is 0.102. The molecule has 2 heterocycles. The molecule has 4 rings (SSSR count). The third-order valence-corrected chi connectivity index (χ3v) is 4.91. The van der Waals surface area contributed by atoms with E-state index >= 15 is 0 Å². The Hall–Kier alpha value is -4.21. The van der Waals surface area contributed by atoms with Crippen molar-refractivity contribution in [3.8, 4) is 11.5 Å². The number of pyridine rings is 1. The first-order chi connectivity index (χ1) is 16.3. The number of ether oxygens (including phenoxy) is 2. The number of anilines is 2. The third kappa shape index (κ3) is 5.58. The van der Waals surface area contributed by atoms with Gasteiger partial charge in [0.15, 0.2) is 11.5 Å². The molecule has 2 amide bonds. The van der Waals surface area contributed by atoms with E-state index in [9.17, 15) is 18.4 Å². The first kappa shape index (κ1) is 23.0. The highest BCUT2D eigenvalue weighted by molar-refractivity contribution is 6.08. The fourth-order valence-electron chi connectivity index (χ4n) is 3.42. The van der Waals surface area contributed by atoms with E-state index in [-0.39, 0.29) is 29.5 Å². The molecule has 1 aromatic heterocycles. The van der Waals surface area contributed by atoms with Gasteiger partial charge in [-0.25, -0.2) is 0 Å². The fourth-order valence-corrected chi connectivity index (χ4v) is 3.42. The predicted octanol–water partition coefficient (Wildman–Crippen LogP) is 3.95. The van der Waals surface area contributed by atoms with Gasteiger partial charge in [-0.1, -0.05) is 12.1 Å². The summed E-state index contributed by atoms with van der Waals surface area (Å²) in [5.41, 5.74) is 2.76. The second-order valence-corrected chi connectivity index (χ2v) is 7.47. The fraction of sp³-hybridized carbons (Fsp3) is 0.208. The van der Waals surface area contributed by atoms with Crippen LogP contribution in [0.5, 0.6) is 11.5 Å². The van der Waals surface area contributed by atoms with Gasteiger partial charge in [-0.2, -0.15) is 0 Å². The number of amides is 2. The first-order valence-corrected chi connectivity index (χ1v) is 10.6. The highest BCUT2D eigenvalue weighted by atomic mass is 19.3. The molecular formula is C24H22F2N4O4. The molecule has 176 valence electrons. The van der Waals surface area contributed by atoms with Gasteiger partial charge < -0.3 is 25.4 Å². The number of nitrogens with zero attached hydrogens (tertiary/aromatic N) is 1. The van der Waals surface area contributed by atoms with Crippen molar-refractivity contribution in [2.75, 3.05) is 17.2 Å². The van der Waals surface area contributed by atoms with Gasteiger partial charge in [0.05, 0.1) is 12.0 Å². The lowest BCUT2D eigenvalue weighted by Gasteiger charge is -2.13. The largest absolute Gasteiger partial charge is 0.586 e. The van der Waals surface area contributed by atoms with Gasteiger partial charge in [-0.05, 0) is 48.9 Å². The van der Waals surface area contributed by atoms with Crippen LogP contribution >= 0.6 is 0 Å². The molecule has 0 unspecified atom stereocenters. The summed E-state index contributed by atoms with van der Waals surface area (Å²) in [6.07, 6.45) is -1.91. The third-order valence-electron chi connectivity index (χ3n) is 4.91. The number of rotatable bonds is 8. The molecule has 0 aliphatic carbocycles. The Bertz CT molecular complexity index is 1220. The normalized spacial score (nSPS) is 13.3. The van der Waals surface area contributed by atoms with Crippen LogP contribution in [-0.4, -0.2) is 29.6 Å². The smallest absolute Gasteiger partial charge is 0.395 e. The molecule has 1 aliphatic heterocycles. The van der Waals surface area contributed by atoms with Gasteiger partial charge in [-0.3, -0.25) is 14.6 Å². The number of hydrogen-bond acceptors (Lipinski definition) is 6. The average Bonchev–Trinajstić information content (AvgIpc) is 3.11. The molecule has 0 bridgehead atoms. The molecule has 0 spiro atoms. The van der Waals surface area contributed by atoms with Crippen molar-refractivity contribution in [1.29, 1.82) is 0 Å². The van der Waals surface area contributed by atoms with E-state index in [0.29, 0.717) is 30.0 Å². The maximum atomic E-state index is 13.2. The van der Waals surface area contributed by atoms with Gasteiger partial charge >= 0.3 is 6.29 Å². The number of fused-ring (bicyclic) bond motifs is 1. The topological polar surface area (TPSA) is 102 Å². The van der Waals surface area contributed by atoms with Crippen molar-refractivity contribution in [3.63, 3.8) is 0 Å². The number of aromatic nitrogens is 1. The van der Waals surface area contributed by atoms with Crippen molar-refractivity contribution in [1.82, 2.24) is 10.3 Å². The zero-order chi connectivity index (χ0) is 24.1. The summed E-state index contributed by atoms with van der Waals surface area (Å²) in [4.78, 5) is 28.9. The van der Waals surface area contributed by atoms with Crippen LogP contribution in [0, 0.1) is 0 Å². The monoisotopic (exact) mass is 468 g/mol. The van der Waals surface area contributed by atoms with E-state index in [1.165, 1.54) is 18.2 Å². The molecule has 1 aliphatic rings. The van der Waals surface area contributed by atoms with E-state index in [4.69, 9.17) is 0 Å². The lowest BCUT2D eigenvalue weighted by molar-refractivity contribution is -0.286. The van der Waals surface area contributed by atoms with Crippen LogP contribution < -0.4 is 25.4 Å². The standard InChI is InChI=1S/C24H22F2N4O4/c1-2-27-22(31)13-17-11-15(9-10-28-17)14-29-19-6-4-3-5-18(19)23(32)30-16-7-8-20-21(12-16)34-24(25,26)33-20/h3-12,29H,2,13-14H2,1H3,(H,27,31)(H,30,32). The molecule has 0 saturated carbocycles. The number of para-hydroxylation sites is 1. The zero-order valence-corrected chi connectivity index (χ0v) is 18.2. The summed E-state index contributed by atoms with van der Waals surface area (Å²) in [6.45, 7) is 2.80. The maximum absolute atomic E-state index is 13.2. The molecule has 0 atom stereocenters. The van der Waals surface area contributed by atoms with Crippen molar-refractivity contribution in [2.45, 2.75) is 26.2 Å². The van der Waals surface area contributed by atoms with E-state index in [0.717, 1.165) is 5.56 Å². The number of alkyl halides is 2.